The summed E-state index contributed by atoms with van der Waals surface area (Å²) in [6.07, 6.45) is 7.00. The first-order valence-corrected chi connectivity index (χ1v) is 8.68. The molecule has 0 atom stereocenters. The summed E-state index contributed by atoms with van der Waals surface area (Å²) in [6, 6.07) is 0. The van der Waals surface area contributed by atoms with Crippen molar-refractivity contribution < 1.29 is 8.42 Å². The highest BCUT2D eigenvalue weighted by atomic mass is 32.2. The fourth-order valence-corrected chi connectivity index (χ4v) is 4.10. The monoisotopic (exact) mass is 309 g/mol. The van der Waals surface area contributed by atoms with Gasteiger partial charge in [0.1, 0.15) is 5.69 Å². The summed E-state index contributed by atoms with van der Waals surface area (Å²) in [6.45, 7) is 3.61. The lowest BCUT2D eigenvalue weighted by molar-refractivity contribution is 0.474. The third-order valence-corrected chi connectivity index (χ3v) is 5.66. The highest BCUT2D eigenvalue weighted by Gasteiger charge is 2.25. The molecule has 114 valence electrons. The molecule has 21 heavy (non-hydrogen) atoms. The number of rotatable bonds is 5. The van der Waals surface area contributed by atoms with Crippen molar-refractivity contribution in [2.24, 2.45) is 0 Å². The maximum atomic E-state index is 12.3. The Kier molecular flexibility index (Phi) is 3.81. The second kappa shape index (κ2) is 5.61. The van der Waals surface area contributed by atoms with Crippen molar-refractivity contribution in [2.75, 3.05) is 18.8 Å². The van der Waals surface area contributed by atoms with Gasteiger partial charge in [0.05, 0.1) is 12.1 Å². The maximum Gasteiger partial charge on any atom is 0.215 e. The van der Waals surface area contributed by atoms with Crippen LogP contribution in [0.1, 0.15) is 18.5 Å². The van der Waals surface area contributed by atoms with Crippen LogP contribution in [0.5, 0.6) is 0 Å². The fourth-order valence-electron chi connectivity index (χ4n) is 2.60. The van der Waals surface area contributed by atoms with Gasteiger partial charge in [-0.1, -0.05) is 0 Å². The molecule has 0 amide bonds. The van der Waals surface area contributed by atoms with Gasteiger partial charge in [0.25, 0.3) is 0 Å². The number of aromatic nitrogens is 4. The molecule has 2 aromatic rings. The zero-order valence-electron chi connectivity index (χ0n) is 12.0. The fraction of sp³-hybridized carbons (Fsp3) is 0.538. The number of aromatic amines is 1. The zero-order chi connectivity index (χ0) is 14.9. The van der Waals surface area contributed by atoms with Gasteiger partial charge in [0.15, 0.2) is 5.82 Å². The molecule has 1 aliphatic heterocycles. The van der Waals surface area contributed by atoms with Gasteiger partial charge in [-0.15, -0.1) is 0 Å². The van der Waals surface area contributed by atoms with Crippen LogP contribution >= 0.6 is 0 Å². The Morgan fingerprint density at radius 3 is 2.71 bits per heavy atom. The summed E-state index contributed by atoms with van der Waals surface area (Å²) in [5, 5.41) is 0. The molecule has 0 radical (unpaired) electrons. The molecule has 3 rings (SSSR count). The van der Waals surface area contributed by atoms with Crippen LogP contribution in [0, 0.1) is 6.92 Å². The number of H-pyrrole nitrogens is 1. The van der Waals surface area contributed by atoms with E-state index in [1.807, 2.05) is 11.5 Å². The molecule has 0 saturated carbocycles. The highest BCUT2D eigenvalue weighted by Crippen LogP contribution is 2.19. The third-order valence-electron chi connectivity index (χ3n) is 3.81. The lowest BCUT2D eigenvalue weighted by Crippen LogP contribution is -2.31. The topological polar surface area (TPSA) is 83.9 Å². The molecule has 0 bridgehead atoms. The summed E-state index contributed by atoms with van der Waals surface area (Å²) in [5.74, 6) is 0.796. The van der Waals surface area contributed by atoms with Gasteiger partial charge in [0, 0.05) is 37.7 Å². The van der Waals surface area contributed by atoms with E-state index in [1.54, 1.807) is 23.0 Å². The van der Waals surface area contributed by atoms with Crippen LogP contribution in [0.15, 0.2) is 18.7 Å². The van der Waals surface area contributed by atoms with Crippen LogP contribution in [-0.2, 0) is 16.6 Å². The molecule has 0 spiro atoms. The van der Waals surface area contributed by atoms with Crippen molar-refractivity contribution in [3.05, 3.63) is 24.4 Å². The predicted molar refractivity (Wildman–Crippen MR) is 79.1 cm³/mol. The minimum atomic E-state index is -3.18. The van der Waals surface area contributed by atoms with Gasteiger partial charge in [0.2, 0.25) is 10.0 Å². The largest absolute Gasteiger partial charge is 0.348 e. The summed E-state index contributed by atoms with van der Waals surface area (Å²) >= 11 is 0. The molecule has 1 fully saturated rings. The van der Waals surface area contributed by atoms with E-state index < -0.39 is 10.0 Å². The van der Waals surface area contributed by atoms with Gasteiger partial charge < -0.3 is 9.55 Å². The van der Waals surface area contributed by atoms with E-state index >= 15 is 0 Å². The van der Waals surface area contributed by atoms with E-state index in [-0.39, 0.29) is 5.75 Å². The molecule has 1 aliphatic rings. The molecule has 2 aromatic heterocycles. The van der Waals surface area contributed by atoms with Gasteiger partial charge in [-0.05, 0) is 19.8 Å². The average Bonchev–Trinajstić information content (AvgIpc) is 3.17. The Labute approximate surface area is 124 Å². The van der Waals surface area contributed by atoms with Crippen LogP contribution in [0.3, 0.4) is 0 Å². The number of sulfonamides is 1. The van der Waals surface area contributed by atoms with E-state index in [9.17, 15) is 8.42 Å². The first kappa shape index (κ1) is 14.3. The highest BCUT2D eigenvalue weighted by molar-refractivity contribution is 7.89. The third kappa shape index (κ3) is 2.86. The van der Waals surface area contributed by atoms with Crippen LogP contribution in [0.4, 0.5) is 0 Å². The molecular formula is C13H19N5O2S. The first-order valence-electron chi connectivity index (χ1n) is 7.07. The van der Waals surface area contributed by atoms with Crippen LogP contribution < -0.4 is 0 Å². The minimum Gasteiger partial charge on any atom is -0.348 e. The van der Waals surface area contributed by atoms with Crippen molar-refractivity contribution in [3.8, 4) is 11.5 Å². The second-order valence-corrected chi connectivity index (χ2v) is 7.33. The molecule has 8 heteroatoms. The Balaban J connectivity index is 1.75. The molecule has 1 N–H and O–H groups in total. The molecule has 0 aliphatic carbocycles. The van der Waals surface area contributed by atoms with Gasteiger partial charge >= 0.3 is 0 Å². The molecule has 7 nitrogen and oxygen atoms in total. The van der Waals surface area contributed by atoms with E-state index in [0.717, 1.165) is 24.2 Å². The lowest BCUT2D eigenvalue weighted by atomic mass is 10.3. The number of nitrogens with zero attached hydrogens (tertiary/aromatic N) is 4. The predicted octanol–water partition coefficient (Wildman–Crippen LogP) is 1.01. The molecule has 0 aromatic carbocycles. The van der Waals surface area contributed by atoms with E-state index in [2.05, 4.69) is 15.0 Å². The van der Waals surface area contributed by atoms with Crippen molar-refractivity contribution in [1.82, 2.24) is 23.8 Å². The maximum absolute atomic E-state index is 12.3. The molecular weight excluding hydrogens is 290 g/mol. The smallest absolute Gasteiger partial charge is 0.215 e. The zero-order valence-corrected chi connectivity index (χ0v) is 12.8. The summed E-state index contributed by atoms with van der Waals surface area (Å²) in [4.78, 5) is 11.5. The molecule has 3 heterocycles. The van der Waals surface area contributed by atoms with Crippen LogP contribution in [0.2, 0.25) is 0 Å². The quantitative estimate of drug-likeness (QED) is 0.893. The Hall–Kier alpha value is -1.67. The Bertz CT molecular complexity index is 713. The average molecular weight is 309 g/mol. The van der Waals surface area contributed by atoms with Gasteiger partial charge in [-0.2, -0.15) is 0 Å². The van der Waals surface area contributed by atoms with Crippen molar-refractivity contribution in [1.29, 1.82) is 0 Å². The van der Waals surface area contributed by atoms with Crippen molar-refractivity contribution in [3.63, 3.8) is 0 Å². The summed E-state index contributed by atoms with van der Waals surface area (Å²) in [5.41, 5.74) is 1.68. The number of imidazole rings is 2. The van der Waals surface area contributed by atoms with Crippen LogP contribution in [-0.4, -0.2) is 51.1 Å². The minimum absolute atomic E-state index is 0.0971. The molecule has 0 unspecified atom stereocenters. The van der Waals surface area contributed by atoms with E-state index in [1.165, 1.54) is 0 Å². The second-order valence-electron chi connectivity index (χ2n) is 5.24. The standard InChI is InChI=1S/C13H19N5O2S/c1-11-12(16-10-15-11)13-14-4-7-17(13)8-9-21(19,20)18-5-2-3-6-18/h4,7,10H,2-3,5-6,8-9H2,1H3,(H,15,16). The Morgan fingerprint density at radius 2 is 2.05 bits per heavy atom. The van der Waals surface area contributed by atoms with Crippen molar-refractivity contribution in [2.45, 2.75) is 26.3 Å². The van der Waals surface area contributed by atoms with Crippen LogP contribution in [0.25, 0.3) is 11.5 Å². The SMILES string of the molecule is Cc1[nH]cnc1-c1nccn1CCS(=O)(=O)N1CCCC1. The lowest BCUT2D eigenvalue weighted by Gasteiger charge is -2.16. The number of hydrogen-bond acceptors (Lipinski definition) is 4. The molecule has 1 saturated heterocycles. The number of hydrogen-bond donors (Lipinski definition) is 1. The van der Waals surface area contributed by atoms with Crippen molar-refractivity contribution >= 4 is 10.0 Å². The van der Waals surface area contributed by atoms with E-state index in [0.29, 0.717) is 25.5 Å². The van der Waals surface area contributed by atoms with Gasteiger partial charge in [-0.3, -0.25) is 0 Å². The first-order chi connectivity index (χ1) is 10.1. The Morgan fingerprint density at radius 1 is 1.29 bits per heavy atom. The van der Waals surface area contributed by atoms with Gasteiger partial charge in [-0.25, -0.2) is 22.7 Å². The number of aryl methyl sites for hydroxylation is 2. The van der Waals surface area contributed by atoms with E-state index in [4.69, 9.17) is 0 Å². The summed E-state index contributed by atoms with van der Waals surface area (Å²) in [7, 11) is -3.18. The number of nitrogens with one attached hydrogen (secondary N) is 1. The normalized spacial score (nSPS) is 16.6. The summed E-state index contributed by atoms with van der Waals surface area (Å²) < 4.78 is 28.0.